The second-order valence-corrected chi connectivity index (χ2v) is 6.45. The number of nitrogens with zero attached hydrogens (tertiary/aromatic N) is 1. The molecule has 1 aromatic carbocycles. The third-order valence-electron chi connectivity index (χ3n) is 4.67. The Morgan fingerprint density at radius 3 is 2.96 bits per heavy atom. The first-order chi connectivity index (χ1) is 11.6. The van der Waals surface area contributed by atoms with Crippen molar-refractivity contribution < 1.29 is 14.1 Å². The van der Waals surface area contributed by atoms with Gasteiger partial charge in [0.25, 0.3) is 0 Å². The Morgan fingerprint density at radius 1 is 1.42 bits per heavy atom. The highest BCUT2D eigenvalue weighted by molar-refractivity contribution is 5.77. The number of aromatic nitrogens is 1. The standard InChI is InChI=1S/C19H24N2O3/c1-3-23-18(22)19(9-6-10-20-13-19)12-15-11-17(21-24-15)16-8-5-4-7-14(16)2/h4-5,7-8,11,20H,3,6,9-10,12-13H2,1-2H3/t19-/m0/s1. The molecule has 5 heteroatoms. The van der Waals surface area contributed by atoms with E-state index in [4.69, 9.17) is 9.26 Å². The minimum Gasteiger partial charge on any atom is -0.466 e. The molecule has 1 fully saturated rings. The smallest absolute Gasteiger partial charge is 0.313 e. The molecule has 3 rings (SSSR count). The SMILES string of the molecule is CCOC(=O)[C@]1(Cc2cc(-c3ccccc3C)no2)CCCNC1. The van der Waals surface area contributed by atoms with Crippen LogP contribution >= 0.6 is 0 Å². The van der Waals surface area contributed by atoms with E-state index in [-0.39, 0.29) is 5.97 Å². The van der Waals surface area contributed by atoms with Crippen molar-refractivity contribution >= 4 is 5.97 Å². The van der Waals surface area contributed by atoms with Crippen molar-refractivity contribution in [3.8, 4) is 11.3 Å². The minimum atomic E-state index is -0.559. The van der Waals surface area contributed by atoms with Gasteiger partial charge in [0, 0.05) is 24.6 Å². The first-order valence-electron chi connectivity index (χ1n) is 8.54. The van der Waals surface area contributed by atoms with Crippen LogP contribution in [0.2, 0.25) is 0 Å². The fourth-order valence-electron chi connectivity index (χ4n) is 3.37. The van der Waals surface area contributed by atoms with Crippen molar-refractivity contribution in [3.63, 3.8) is 0 Å². The van der Waals surface area contributed by atoms with Crippen LogP contribution in [-0.4, -0.2) is 30.8 Å². The molecule has 1 saturated heterocycles. The Bertz CT molecular complexity index is 702. The van der Waals surface area contributed by atoms with Gasteiger partial charge in [-0.25, -0.2) is 0 Å². The van der Waals surface area contributed by atoms with Crippen molar-refractivity contribution in [1.29, 1.82) is 0 Å². The van der Waals surface area contributed by atoms with E-state index in [1.165, 1.54) is 0 Å². The lowest BCUT2D eigenvalue weighted by atomic mass is 9.77. The monoisotopic (exact) mass is 328 g/mol. The Balaban J connectivity index is 1.83. The van der Waals surface area contributed by atoms with Gasteiger partial charge < -0.3 is 14.6 Å². The van der Waals surface area contributed by atoms with Crippen LogP contribution in [0.25, 0.3) is 11.3 Å². The van der Waals surface area contributed by atoms with Gasteiger partial charge in [0.15, 0.2) is 0 Å². The summed E-state index contributed by atoms with van der Waals surface area (Å²) in [6.45, 7) is 5.84. The first kappa shape index (κ1) is 16.7. The van der Waals surface area contributed by atoms with Crippen molar-refractivity contribution in [2.45, 2.75) is 33.1 Å². The Kier molecular flexibility index (Phi) is 5.00. The third-order valence-corrected chi connectivity index (χ3v) is 4.67. The molecule has 0 aliphatic carbocycles. The van der Waals surface area contributed by atoms with Crippen LogP contribution in [0.3, 0.4) is 0 Å². The molecule has 1 aliphatic heterocycles. The van der Waals surface area contributed by atoms with Crippen LogP contribution in [0.1, 0.15) is 31.1 Å². The lowest BCUT2D eigenvalue weighted by Crippen LogP contribution is -2.47. The number of esters is 1. The van der Waals surface area contributed by atoms with Gasteiger partial charge in [-0.3, -0.25) is 4.79 Å². The lowest BCUT2D eigenvalue weighted by Gasteiger charge is -2.34. The summed E-state index contributed by atoms with van der Waals surface area (Å²) >= 11 is 0. The maximum atomic E-state index is 12.5. The molecule has 1 atom stereocenters. The number of aryl methyl sites for hydroxylation is 1. The summed E-state index contributed by atoms with van der Waals surface area (Å²) in [4.78, 5) is 12.5. The summed E-state index contributed by atoms with van der Waals surface area (Å²) in [7, 11) is 0. The fraction of sp³-hybridized carbons (Fsp3) is 0.474. The summed E-state index contributed by atoms with van der Waals surface area (Å²) in [5.41, 5.74) is 2.46. The Hall–Kier alpha value is -2.14. The average molecular weight is 328 g/mol. The van der Waals surface area contributed by atoms with Crippen LogP contribution in [0.4, 0.5) is 0 Å². The highest BCUT2D eigenvalue weighted by Gasteiger charge is 2.42. The molecule has 0 spiro atoms. The van der Waals surface area contributed by atoms with E-state index in [2.05, 4.69) is 23.5 Å². The van der Waals surface area contributed by atoms with E-state index in [0.717, 1.165) is 42.0 Å². The summed E-state index contributed by atoms with van der Waals surface area (Å²) in [6, 6.07) is 10.0. The fourth-order valence-corrected chi connectivity index (χ4v) is 3.37. The normalized spacial score (nSPS) is 20.8. The molecule has 5 nitrogen and oxygen atoms in total. The molecule has 0 unspecified atom stereocenters. The summed E-state index contributed by atoms with van der Waals surface area (Å²) in [5, 5.41) is 7.52. The molecule has 0 saturated carbocycles. The predicted octanol–water partition coefficient (Wildman–Crippen LogP) is 3.13. The molecule has 128 valence electrons. The van der Waals surface area contributed by atoms with Gasteiger partial charge in [-0.1, -0.05) is 29.4 Å². The molecule has 1 N–H and O–H groups in total. The molecule has 0 radical (unpaired) electrons. The number of carbonyl (C=O) groups excluding carboxylic acids is 1. The van der Waals surface area contributed by atoms with Crippen molar-refractivity contribution in [2.75, 3.05) is 19.7 Å². The number of rotatable bonds is 5. The van der Waals surface area contributed by atoms with Crippen LogP contribution in [-0.2, 0) is 16.0 Å². The van der Waals surface area contributed by atoms with Gasteiger partial charge in [0.05, 0.1) is 12.0 Å². The van der Waals surface area contributed by atoms with Crippen molar-refractivity contribution in [3.05, 3.63) is 41.7 Å². The second kappa shape index (κ2) is 7.18. The lowest BCUT2D eigenvalue weighted by molar-refractivity contribution is -0.156. The largest absolute Gasteiger partial charge is 0.466 e. The molecular formula is C19H24N2O3. The molecule has 1 aliphatic rings. The number of hydrogen-bond donors (Lipinski definition) is 1. The van der Waals surface area contributed by atoms with Crippen LogP contribution in [0.15, 0.2) is 34.9 Å². The Morgan fingerprint density at radius 2 is 2.25 bits per heavy atom. The molecule has 0 amide bonds. The van der Waals surface area contributed by atoms with E-state index < -0.39 is 5.41 Å². The zero-order valence-corrected chi connectivity index (χ0v) is 14.3. The summed E-state index contributed by atoms with van der Waals surface area (Å²) < 4.78 is 10.9. The van der Waals surface area contributed by atoms with Gasteiger partial charge in [-0.15, -0.1) is 0 Å². The highest BCUT2D eigenvalue weighted by Crippen LogP contribution is 2.33. The summed E-state index contributed by atoms with van der Waals surface area (Å²) in [6.07, 6.45) is 2.27. The molecule has 24 heavy (non-hydrogen) atoms. The highest BCUT2D eigenvalue weighted by atomic mass is 16.5. The maximum absolute atomic E-state index is 12.5. The van der Waals surface area contributed by atoms with Crippen LogP contribution < -0.4 is 5.32 Å². The number of nitrogens with one attached hydrogen (secondary N) is 1. The number of ether oxygens (including phenoxy) is 1. The topological polar surface area (TPSA) is 64.4 Å². The van der Waals surface area contributed by atoms with E-state index in [9.17, 15) is 4.79 Å². The number of hydrogen-bond acceptors (Lipinski definition) is 5. The first-order valence-corrected chi connectivity index (χ1v) is 8.54. The van der Waals surface area contributed by atoms with E-state index >= 15 is 0 Å². The maximum Gasteiger partial charge on any atom is 0.313 e. The third kappa shape index (κ3) is 3.36. The summed E-state index contributed by atoms with van der Waals surface area (Å²) in [5.74, 6) is 0.580. The molecule has 2 aromatic rings. The molecule has 2 heterocycles. The van der Waals surface area contributed by atoms with E-state index in [1.807, 2.05) is 31.2 Å². The average Bonchev–Trinajstić information content (AvgIpc) is 3.04. The van der Waals surface area contributed by atoms with Gasteiger partial charge in [-0.2, -0.15) is 0 Å². The zero-order chi connectivity index (χ0) is 17.0. The second-order valence-electron chi connectivity index (χ2n) is 6.45. The van der Waals surface area contributed by atoms with Crippen LogP contribution in [0, 0.1) is 12.3 Å². The number of benzene rings is 1. The van der Waals surface area contributed by atoms with Gasteiger partial charge in [0.1, 0.15) is 11.5 Å². The number of carbonyl (C=O) groups is 1. The van der Waals surface area contributed by atoms with Crippen LogP contribution in [0.5, 0.6) is 0 Å². The quantitative estimate of drug-likeness (QED) is 0.854. The van der Waals surface area contributed by atoms with Gasteiger partial charge in [-0.05, 0) is 38.8 Å². The molecule has 0 bridgehead atoms. The molecule has 1 aromatic heterocycles. The van der Waals surface area contributed by atoms with Crippen molar-refractivity contribution in [2.24, 2.45) is 5.41 Å². The van der Waals surface area contributed by atoms with E-state index in [0.29, 0.717) is 19.6 Å². The predicted molar refractivity (Wildman–Crippen MR) is 91.5 cm³/mol. The molecular weight excluding hydrogens is 304 g/mol. The number of piperidine rings is 1. The van der Waals surface area contributed by atoms with Gasteiger partial charge in [0.2, 0.25) is 0 Å². The Labute approximate surface area is 142 Å². The van der Waals surface area contributed by atoms with E-state index in [1.54, 1.807) is 0 Å². The minimum absolute atomic E-state index is 0.147. The zero-order valence-electron chi connectivity index (χ0n) is 14.3. The van der Waals surface area contributed by atoms with Crippen molar-refractivity contribution in [1.82, 2.24) is 10.5 Å². The van der Waals surface area contributed by atoms with Gasteiger partial charge >= 0.3 is 5.97 Å².